The van der Waals surface area contributed by atoms with Crippen molar-refractivity contribution in [2.75, 3.05) is 5.73 Å². The van der Waals surface area contributed by atoms with Gasteiger partial charge in [0.1, 0.15) is 28.9 Å². The van der Waals surface area contributed by atoms with Crippen molar-refractivity contribution in [2.45, 2.75) is 4.90 Å². The van der Waals surface area contributed by atoms with Crippen LogP contribution in [0.1, 0.15) is 26.3 Å². The Morgan fingerprint density at radius 1 is 0.971 bits per heavy atom. The molecule has 0 bridgehead atoms. The van der Waals surface area contributed by atoms with Gasteiger partial charge in [-0.2, -0.15) is 4.98 Å². The van der Waals surface area contributed by atoms with Crippen LogP contribution in [-0.4, -0.2) is 35.1 Å². The summed E-state index contributed by atoms with van der Waals surface area (Å²) < 4.78 is 83.2. The number of H-pyrrole nitrogens is 2. The van der Waals surface area contributed by atoms with Crippen LogP contribution in [0.2, 0.25) is 0 Å². The first-order valence-electron chi connectivity index (χ1n) is 9.33. The summed E-state index contributed by atoms with van der Waals surface area (Å²) in [4.78, 5) is 44.4. The molecule has 0 unspecified atom stereocenters. The van der Waals surface area contributed by atoms with Gasteiger partial charge in [-0.25, -0.2) is 30.7 Å². The third-order valence-electron chi connectivity index (χ3n) is 4.78. The number of nitrogens with zero attached hydrogens (tertiary/aromatic N) is 1. The molecule has 5 N–H and O–H groups in total. The second-order valence-electron chi connectivity index (χ2n) is 6.98. The van der Waals surface area contributed by atoms with Crippen LogP contribution in [-0.2, 0) is 10.0 Å². The molecule has 4 rings (SSSR count). The fourth-order valence-corrected chi connectivity index (χ4v) is 4.38. The number of carbonyl (C=O) groups is 2. The van der Waals surface area contributed by atoms with Crippen molar-refractivity contribution in [3.05, 3.63) is 86.8 Å². The standard InChI is InChI=1S/C20H11F4N5O5S/c21-9-5-4-7(18(31)29-35(33,34)16-10(22)2-1-3-11(16)23)14(24)13(9)15(30)8-6-26-17-12(8)19(32)28-20(25)27-17/h1-6H,(H,29,31)(H4,25,26,27,28,32). The van der Waals surface area contributed by atoms with E-state index in [1.165, 1.54) is 4.72 Å². The fraction of sp³-hybridized carbons (Fsp3) is 0. The van der Waals surface area contributed by atoms with E-state index in [9.17, 15) is 36.0 Å². The Kier molecular flexibility index (Phi) is 5.64. The number of ketones is 1. The van der Waals surface area contributed by atoms with Crippen molar-refractivity contribution in [2.24, 2.45) is 0 Å². The molecule has 0 atom stereocenters. The Hall–Kier alpha value is -4.53. The highest BCUT2D eigenvalue weighted by Crippen LogP contribution is 2.24. The lowest BCUT2D eigenvalue weighted by atomic mass is 10.00. The molecule has 0 fully saturated rings. The highest BCUT2D eigenvalue weighted by molar-refractivity contribution is 7.90. The maximum Gasteiger partial charge on any atom is 0.270 e. The molecule has 0 aliphatic heterocycles. The third kappa shape index (κ3) is 4.01. The smallest absolute Gasteiger partial charge is 0.270 e. The van der Waals surface area contributed by atoms with Crippen molar-refractivity contribution in [3.63, 3.8) is 0 Å². The van der Waals surface area contributed by atoms with Crippen molar-refractivity contribution in [1.29, 1.82) is 0 Å². The summed E-state index contributed by atoms with van der Waals surface area (Å²) in [6, 6.07) is 3.12. The molecule has 0 aliphatic carbocycles. The van der Waals surface area contributed by atoms with Gasteiger partial charge in [0.25, 0.3) is 21.5 Å². The minimum atomic E-state index is -5.18. The fourth-order valence-electron chi connectivity index (χ4n) is 3.27. The number of hydrogen-bond acceptors (Lipinski definition) is 7. The number of anilines is 1. The van der Waals surface area contributed by atoms with Crippen LogP contribution in [0.3, 0.4) is 0 Å². The summed E-state index contributed by atoms with van der Waals surface area (Å²) in [5, 5.41) is -0.379. The first-order valence-corrected chi connectivity index (χ1v) is 10.8. The molecule has 15 heteroatoms. The summed E-state index contributed by atoms with van der Waals surface area (Å²) in [6.07, 6.45) is 0.936. The van der Waals surface area contributed by atoms with Gasteiger partial charge in [-0.1, -0.05) is 6.07 Å². The summed E-state index contributed by atoms with van der Waals surface area (Å²) in [6.45, 7) is 0. The number of carbonyl (C=O) groups excluding carboxylic acids is 2. The number of sulfonamides is 1. The average Bonchev–Trinajstić information content (AvgIpc) is 3.17. The summed E-state index contributed by atoms with van der Waals surface area (Å²) in [5.74, 6) is -9.72. The van der Waals surface area contributed by atoms with Crippen molar-refractivity contribution < 1.29 is 35.6 Å². The highest BCUT2D eigenvalue weighted by atomic mass is 32.2. The monoisotopic (exact) mass is 509 g/mol. The molecule has 2 aromatic carbocycles. The summed E-state index contributed by atoms with van der Waals surface area (Å²) in [5.41, 5.74) is 1.38. The number of hydrogen-bond donors (Lipinski definition) is 4. The van der Waals surface area contributed by atoms with E-state index in [0.717, 1.165) is 12.3 Å². The van der Waals surface area contributed by atoms with Gasteiger partial charge in [0, 0.05) is 6.20 Å². The quantitative estimate of drug-likeness (QED) is 0.235. The first-order chi connectivity index (χ1) is 16.4. The van der Waals surface area contributed by atoms with Gasteiger partial charge in [0.2, 0.25) is 11.7 Å². The van der Waals surface area contributed by atoms with E-state index in [-0.39, 0.29) is 17.0 Å². The van der Waals surface area contributed by atoms with Crippen LogP contribution in [0.25, 0.3) is 11.0 Å². The van der Waals surface area contributed by atoms with E-state index in [1.54, 1.807) is 0 Å². The number of fused-ring (bicyclic) bond motifs is 1. The Morgan fingerprint density at radius 2 is 1.63 bits per heavy atom. The summed E-state index contributed by atoms with van der Waals surface area (Å²) in [7, 11) is -5.18. The van der Waals surface area contributed by atoms with Gasteiger partial charge in [-0.15, -0.1) is 0 Å². The number of rotatable bonds is 5. The first kappa shape index (κ1) is 23.6. The number of halogens is 4. The van der Waals surface area contributed by atoms with Crippen LogP contribution in [0.5, 0.6) is 0 Å². The minimum Gasteiger partial charge on any atom is -0.369 e. The number of aromatic amines is 2. The van der Waals surface area contributed by atoms with Crippen LogP contribution in [0.4, 0.5) is 23.5 Å². The van der Waals surface area contributed by atoms with Crippen molar-refractivity contribution in [3.8, 4) is 0 Å². The molecule has 2 aromatic heterocycles. The number of aromatic nitrogens is 3. The second kappa shape index (κ2) is 8.35. The van der Waals surface area contributed by atoms with Crippen molar-refractivity contribution in [1.82, 2.24) is 19.7 Å². The lowest BCUT2D eigenvalue weighted by Gasteiger charge is -2.11. The van der Waals surface area contributed by atoms with Gasteiger partial charge in [0.05, 0.1) is 22.1 Å². The van der Waals surface area contributed by atoms with E-state index >= 15 is 4.39 Å². The van der Waals surface area contributed by atoms with Crippen LogP contribution in [0.15, 0.2) is 46.2 Å². The van der Waals surface area contributed by atoms with E-state index in [1.807, 2.05) is 0 Å². The molecule has 0 spiro atoms. The predicted octanol–water partition coefficient (Wildman–Crippen LogP) is 1.74. The van der Waals surface area contributed by atoms with Gasteiger partial charge in [-0.05, 0) is 24.3 Å². The largest absolute Gasteiger partial charge is 0.369 e. The molecule has 4 aromatic rings. The van der Waals surface area contributed by atoms with E-state index < -0.39 is 72.1 Å². The Morgan fingerprint density at radius 3 is 2.29 bits per heavy atom. The van der Waals surface area contributed by atoms with Crippen molar-refractivity contribution >= 4 is 38.7 Å². The predicted molar refractivity (Wildman–Crippen MR) is 112 cm³/mol. The minimum absolute atomic E-state index is 0.165. The Labute approximate surface area is 191 Å². The zero-order chi connectivity index (χ0) is 25.7. The topological polar surface area (TPSA) is 168 Å². The average molecular weight is 509 g/mol. The molecular weight excluding hydrogens is 498 g/mol. The molecule has 10 nitrogen and oxygen atoms in total. The maximum atomic E-state index is 15.1. The molecule has 0 aliphatic rings. The number of nitrogens with two attached hydrogens (primary N) is 1. The number of benzene rings is 2. The van der Waals surface area contributed by atoms with Gasteiger partial charge in [-0.3, -0.25) is 19.4 Å². The number of nitrogen functional groups attached to an aromatic ring is 1. The zero-order valence-corrected chi connectivity index (χ0v) is 17.8. The molecule has 2 heterocycles. The lowest BCUT2D eigenvalue weighted by Crippen LogP contribution is -2.33. The zero-order valence-electron chi connectivity index (χ0n) is 17.0. The Balaban J connectivity index is 1.77. The van der Waals surface area contributed by atoms with Gasteiger partial charge < -0.3 is 10.7 Å². The normalized spacial score (nSPS) is 11.5. The molecule has 180 valence electrons. The summed E-state index contributed by atoms with van der Waals surface area (Å²) >= 11 is 0. The highest BCUT2D eigenvalue weighted by Gasteiger charge is 2.31. The molecule has 0 radical (unpaired) electrons. The van der Waals surface area contributed by atoms with Gasteiger partial charge in [0.15, 0.2) is 4.90 Å². The molecular formula is C20H11F4N5O5S. The molecule has 0 saturated carbocycles. The molecule has 35 heavy (non-hydrogen) atoms. The maximum absolute atomic E-state index is 15.1. The van der Waals surface area contributed by atoms with E-state index in [0.29, 0.717) is 24.3 Å². The molecule has 0 saturated heterocycles. The van der Waals surface area contributed by atoms with Crippen LogP contribution >= 0.6 is 0 Å². The SMILES string of the molecule is Nc1nc2[nH]cc(C(=O)c3c(F)ccc(C(=O)NS(=O)(=O)c4c(F)cccc4F)c3F)c2c(=O)[nH]1. The Bertz CT molecular complexity index is 1690. The third-order valence-corrected chi connectivity index (χ3v) is 6.16. The number of nitrogens with one attached hydrogen (secondary N) is 3. The second-order valence-corrected chi connectivity index (χ2v) is 8.59. The lowest BCUT2D eigenvalue weighted by molar-refractivity contribution is 0.0977. The molecule has 1 amide bonds. The van der Waals surface area contributed by atoms with Crippen LogP contribution in [0, 0.1) is 23.3 Å². The van der Waals surface area contributed by atoms with E-state index in [4.69, 9.17) is 5.73 Å². The number of amides is 1. The van der Waals surface area contributed by atoms with E-state index in [2.05, 4.69) is 15.0 Å². The van der Waals surface area contributed by atoms with Gasteiger partial charge >= 0.3 is 0 Å². The van der Waals surface area contributed by atoms with Crippen LogP contribution < -0.4 is 16.0 Å².